The summed E-state index contributed by atoms with van der Waals surface area (Å²) >= 11 is 5.85. The number of benzene rings is 2. The molecule has 2 aromatic rings. The first kappa shape index (κ1) is 21.2. The quantitative estimate of drug-likeness (QED) is 0.722. The van der Waals surface area contributed by atoms with Crippen LogP contribution >= 0.6 is 11.6 Å². The highest BCUT2D eigenvalue weighted by Gasteiger charge is 2.31. The molecule has 0 aromatic heterocycles. The van der Waals surface area contributed by atoms with Crippen LogP contribution in [0, 0.1) is 5.82 Å². The molecule has 0 aliphatic heterocycles. The Morgan fingerprint density at radius 1 is 1.15 bits per heavy atom. The van der Waals surface area contributed by atoms with Crippen molar-refractivity contribution < 1.29 is 17.6 Å². The average Bonchev–Trinajstić information content (AvgIpc) is 2.61. The molecule has 8 heteroatoms. The van der Waals surface area contributed by atoms with Gasteiger partial charge in [0.2, 0.25) is 15.9 Å². The number of rotatable bonds is 8. The van der Waals surface area contributed by atoms with Crippen LogP contribution in [0.4, 0.5) is 10.1 Å². The third-order valence-electron chi connectivity index (χ3n) is 4.04. The molecule has 1 atom stereocenters. The minimum atomic E-state index is -3.73. The molecule has 0 aliphatic carbocycles. The van der Waals surface area contributed by atoms with E-state index < -0.39 is 27.8 Å². The predicted octanol–water partition coefficient (Wildman–Crippen LogP) is 3.38. The SMILES string of the molecule is CC[C@H](C(=O)NCCc1ccc(Cl)cc1)N(c1ccc(F)cc1)S(C)(=O)=O. The number of nitrogens with zero attached hydrogens (tertiary/aromatic N) is 1. The maximum Gasteiger partial charge on any atom is 0.243 e. The molecule has 5 nitrogen and oxygen atoms in total. The molecule has 0 saturated heterocycles. The molecule has 2 rings (SSSR count). The molecule has 0 heterocycles. The number of anilines is 1. The third kappa shape index (κ3) is 5.94. The van der Waals surface area contributed by atoms with Crippen LogP contribution in [-0.4, -0.2) is 33.2 Å². The average molecular weight is 413 g/mol. The summed E-state index contributed by atoms with van der Waals surface area (Å²) in [4.78, 5) is 12.6. The van der Waals surface area contributed by atoms with Crippen LogP contribution in [0.25, 0.3) is 0 Å². The fourth-order valence-electron chi connectivity index (χ4n) is 2.75. The van der Waals surface area contributed by atoms with Crippen molar-refractivity contribution in [2.24, 2.45) is 0 Å². The van der Waals surface area contributed by atoms with Crippen molar-refractivity contribution in [2.75, 3.05) is 17.1 Å². The Morgan fingerprint density at radius 3 is 2.26 bits per heavy atom. The molecule has 0 saturated carbocycles. The molecule has 27 heavy (non-hydrogen) atoms. The monoisotopic (exact) mass is 412 g/mol. The van der Waals surface area contributed by atoms with E-state index in [1.165, 1.54) is 24.3 Å². The van der Waals surface area contributed by atoms with E-state index in [0.29, 0.717) is 18.0 Å². The Bertz CT molecular complexity index is 871. The second-order valence-electron chi connectivity index (χ2n) is 6.13. The van der Waals surface area contributed by atoms with Crippen LogP contribution in [0.1, 0.15) is 18.9 Å². The molecule has 0 spiro atoms. The Hall–Kier alpha value is -2.12. The molecule has 0 aliphatic rings. The normalized spacial score (nSPS) is 12.4. The number of amides is 1. The molecule has 1 amide bonds. The number of carbonyl (C=O) groups excluding carboxylic acids is 1. The van der Waals surface area contributed by atoms with E-state index in [-0.39, 0.29) is 12.1 Å². The number of carbonyl (C=O) groups is 1. The molecule has 0 unspecified atom stereocenters. The fraction of sp³-hybridized carbons (Fsp3) is 0.316. The van der Waals surface area contributed by atoms with Gasteiger partial charge in [-0.25, -0.2) is 12.8 Å². The number of sulfonamides is 1. The van der Waals surface area contributed by atoms with Crippen LogP contribution in [0.5, 0.6) is 0 Å². The Kier molecular flexibility index (Phi) is 7.21. The summed E-state index contributed by atoms with van der Waals surface area (Å²) in [5, 5.41) is 3.41. The van der Waals surface area contributed by atoms with E-state index in [2.05, 4.69) is 5.32 Å². The van der Waals surface area contributed by atoms with Crippen molar-refractivity contribution in [2.45, 2.75) is 25.8 Å². The molecule has 0 bridgehead atoms. The Balaban J connectivity index is 2.11. The summed E-state index contributed by atoms with van der Waals surface area (Å²) in [6.07, 6.45) is 1.89. The Labute approximate surface area is 164 Å². The van der Waals surface area contributed by atoms with Crippen molar-refractivity contribution in [3.05, 3.63) is 64.9 Å². The van der Waals surface area contributed by atoms with Crippen LogP contribution < -0.4 is 9.62 Å². The van der Waals surface area contributed by atoms with Gasteiger partial charge in [-0.2, -0.15) is 0 Å². The summed E-state index contributed by atoms with van der Waals surface area (Å²) in [6, 6.07) is 11.4. The molecule has 0 fully saturated rings. The van der Waals surface area contributed by atoms with Crippen LogP contribution in [0.3, 0.4) is 0 Å². The van der Waals surface area contributed by atoms with Gasteiger partial charge < -0.3 is 5.32 Å². The molecule has 146 valence electrons. The highest BCUT2D eigenvalue weighted by atomic mass is 35.5. The molecule has 0 radical (unpaired) electrons. The van der Waals surface area contributed by atoms with Crippen molar-refractivity contribution in [3.8, 4) is 0 Å². The molecular weight excluding hydrogens is 391 g/mol. The van der Waals surface area contributed by atoms with Crippen molar-refractivity contribution in [3.63, 3.8) is 0 Å². The van der Waals surface area contributed by atoms with Gasteiger partial charge in [-0.15, -0.1) is 0 Å². The van der Waals surface area contributed by atoms with E-state index in [4.69, 9.17) is 11.6 Å². The second kappa shape index (κ2) is 9.19. The van der Waals surface area contributed by atoms with Gasteiger partial charge in [-0.05, 0) is 54.8 Å². The summed E-state index contributed by atoms with van der Waals surface area (Å²) in [7, 11) is -3.73. The minimum Gasteiger partial charge on any atom is -0.354 e. The van der Waals surface area contributed by atoms with Gasteiger partial charge in [-0.3, -0.25) is 9.10 Å². The van der Waals surface area contributed by atoms with E-state index in [0.717, 1.165) is 16.1 Å². The Morgan fingerprint density at radius 2 is 1.74 bits per heavy atom. The first-order chi connectivity index (χ1) is 12.7. The lowest BCUT2D eigenvalue weighted by molar-refractivity contribution is -0.122. The first-order valence-electron chi connectivity index (χ1n) is 8.49. The zero-order valence-electron chi connectivity index (χ0n) is 15.2. The minimum absolute atomic E-state index is 0.249. The first-order valence-corrected chi connectivity index (χ1v) is 10.7. The standard InChI is InChI=1S/C19H22ClFN2O3S/c1-3-18(19(24)22-13-12-14-4-6-15(20)7-5-14)23(27(2,25)26)17-10-8-16(21)9-11-17/h4-11,18H,3,12-13H2,1-2H3,(H,22,24)/t18-/m1/s1. The highest BCUT2D eigenvalue weighted by Crippen LogP contribution is 2.22. The predicted molar refractivity (Wildman–Crippen MR) is 106 cm³/mol. The summed E-state index contributed by atoms with van der Waals surface area (Å²) in [5.74, 6) is -0.881. The van der Waals surface area contributed by atoms with Crippen LogP contribution in [0.2, 0.25) is 5.02 Å². The van der Waals surface area contributed by atoms with E-state index in [1.807, 2.05) is 12.1 Å². The number of hydrogen-bond acceptors (Lipinski definition) is 3. The second-order valence-corrected chi connectivity index (χ2v) is 8.42. The van der Waals surface area contributed by atoms with Gasteiger partial charge >= 0.3 is 0 Å². The summed E-state index contributed by atoms with van der Waals surface area (Å²) in [5.41, 5.74) is 1.25. The van der Waals surface area contributed by atoms with Crippen molar-refractivity contribution in [1.82, 2.24) is 5.32 Å². The van der Waals surface area contributed by atoms with Crippen molar-refractivity contribution >= 4 is 33.2 Å². The van der Waals surface area contributed by atoms with Crippen LogP contribution in [-0.2, 0) is 21.2 Å². The van der Waals surface area contributed by atoms with Gasteiger partial charge in [0.1, 0.15) is 11.9 Å². The van der Waals surface area contributed by atoms with E-state index >= 15 is 0 Å². The van der Waals surface area contributed by atoms with Gasteiger partial charge in [0.25, 0.3) is 0 Å². The maximum atomic E-state index is 13.2. The van der Waals surface area contributed by atoms with Gasteiger partial charge in [0.05, 0.1) is 11.9 Å². The van der Waals surface area contributed by atoms with E-state index in [1.54, 1.807) is 19.1 Å². The van der Waals surface area contributed by atoms with E-state index in [9.17, 15) is 17.6 Å². The highest BCUT2D eigenvalue weighted by molar-refractivity contribution is 7.92. The number of hydrogen-bond donors (Lipinski definition) is 1. The number of halogens is 2. The van der Waals surface area contributed by atoms with Gasteiger partial charge in [0.15, 0.2) is 0 Å². The lowest BCUT2D eigenvalue weighted by atomic mass is 10.1. The zero-order chi connectivity index (χ0) is 20.0. The maximum absolute atomic E-state index is 13.2. The third-order valence-corrected chi connectivity index (χ3v) is 5.47. The van der Waals surface area contributed by atoms with Gasteiger partial charge in [-0.1, -0.05) is 30.7 Å². The largest absolute Gasteiger partial charge is 0.354 e. The van der Waals surface area contributed by atoms with Crippen LogP contribution in [0.15, 0.2) is 48.5 Å². The fourth-order valence-corrected chi connectivity index (χ4v) is 4.08. The lowest BCUT2D eigenvalue weighted by Crippen LogP contribution is -2.49. The number of nitrogens with one attached hydrogen (secondary N) is 1. The lowest BCUT2D eigenvalue weighted by Gasteiger charge is -2.30. The smallest absolute Gasteiger partial charge is 0.243 e. The zero-order valence-corrected chi connectivity index (χ0v) is 16.7. The topological polar surface area (TPSA) is 66.5 Å². The molecule has 1 N–H and O–H groups in total. The van der Waals surface area contributed by atoms with Gasteiger partial charge in [0, 0.05) is 11.6 Å². The molecule has 2 aromatic carbocycles. The summed E-state index contributed by atoms with van der Waals surface area (Å²) < 4.78 is 38.8. The molecular formula is C19H22ClFN2O3S. The van der Waals surface area contributed by atoms with Crippen molar-refractivity contribution in [1.29, 1.82) is 0 Å². The summed E-state index contributed by atoms with van der Waals surface area (Å²) in [6.45, 7) is 2.09.